The van der Waals surface area contributed by atoms with Crippen molar-refractivity contribution in [1.82, 2.24) is 14.9 Å². The highest BCUT2D eigenvalue weighted by molar-refractivity contribution is 5.35. The van der Waals surface area contributed by atoms with Gasteiger partial charge in [0.2, 0.25) is 0 Å². The lowest BCUT2D eigenvalue weighted by molar-refractivity contribution is -0.0342. The lowest BCUT2D eigenvalue weighted by Crippen LogP contribution is -2.39. The Hall–Kier alpha value is -1.20. The van der Waals surface area contributed by atoms with E-state index in [1.807, 2.05) is 13.1 Å². The fraction of sp³-hybridized carbons (Fsp3) is 0.750. The van der Waals surface area contributed by atoms with Crippen molar-refractivity contribution in [1.29, 1.82) is 0 Å². The van der Waals surface area contributed by atoms with Crippen LogP contribution < -0.4 is 5.32 Å². The standard InChI is InChI=1S/C16H28N4O/c1-5-6-20-7-8-21-14(11-20)16-18-13(9-12(2)3)10-15(17-4)19-16/h10,12,14H,5-9,11H2,1-4H3,(H,17,18,19). The summed E-state index contributed by atoms with van der Waals surface area (Å²) in [6.45, 7) is 10.4. The smallest absolute Gasteiger partial charge is 0.161 e. The largest absolute Gasteiger partial charge is 0.373 e. The van der Waals surface area contributed by atoms with Gasteiger partial charge in [0.05, 0.1) is 6.61 Å². The topological polar surface area (TPSA) is 50.3 Å². The molecule has 0 aromatic carbocycles. The molecule has 1 aromatic rings. The number of nitrogens with one attached hydrogen (secondary N) is 1. The van der Waals surface area contributed by atoms with Crippen molar-refractivity contribution >= 4 is 5.82 Å². The van der Waals surface area contributed by atoms with E-state index in [1.54, 1.807) is 0 Å². The molecule has 5 heteroatoms. The number of rotatable bonds is 6. The van der Waals surface area contributed by atoms with E-state index in [4.69, 9.17) is 9.72 Å². The molecule has 0 bridgehead atoms. The van der Waals surface area contributed by atoms with Crippen molar-refractivity contribution < 1.29 is 4.74 Å². The lowest BCUT2D eigenvalue weighted by Gasteiger charge is -2.32. The van der Waals surface area contributed by atoms with Gasteiger partial charge in [-0.2, -0.15) is 0 Å². The van der Waals surface area contributed by atoms with Crippen molar-refractivity contribution in [2.24, 2.45) is 5.92 Å². The summed E-state index contributed by atoms with van der Waals surface area (Å²) in [5, 5.41) is 3.14. The molecule has 0 saturated carbocycles. The Morgan fingerprint density at radius 2 is 2.24 bits per heavy atom. The molecule has 1 aliphatic rings. The van der Waals surface area contributed by atoms with Crippen LogP contribution >= 0.6 is 0 Å². The predicted molar refractivity (Wildman–Crippen MR) is 85.5 cm³/mol. The summed E-state index contributed by atoms with van der Waals surface area (Å²) >= 11 is 0. The van der Waals surface area contributed by atoms with Crippen LogP contribution in [0.25, 0.3) is 0 Å². The van der Waals surface area contributed by atoms with Crippen molar-refractivity contribution in [2.75, 3.05) is 38.6 Å². The summed E-state index contributed by atoms with van der Waals surface area (Å²) < 4.78 is 5.91. The van der Waals surface area contributed by atoms with Gasteiger partial charge in [0.25, 0.3) is 0 Å². The molecule has 21 heavy (non-hydrogen) atoms. The maximum absolute atomic E-state index is 5.91. The van der Waals surface area contributed by atoms with Crippen LogP contribution in [0.1, 0.15) is 44.8 Å². The molecule has 1 unspecified atom stereocenters. The molecule has 1 N–H and O–H groups in total. The lowest BCUT2D eigenvalue weighted by atomic mass is 10.1. The highest BCUT2D eigenvalue weighted by atomic mass is 16.5. The molecule has 2 heterocycles. The fourth-order valence-electron chi connectivity index (χ4n) is 2.69. The second kappa shape index (κ2) is 7.71. The van der Waals surface area contributed by atoms with Gasteiger partial charge in [0, 0.05) is 31.9 Å². The molecule has 1 aromatic heterocycles. The highest BCUT2D eigenvalue weighted by Crippen LogP contribution is 2.22. The Bertz CT molecular complexity index is 448. The van der Waals surface area contributed by atoms with Crippen LogP contribution in [-0.2, 0) is 11.2 Å². The van der Waals surface area contributed by atoms with E-state index in [0.29, 0.717) is 5.92 Å². The number of ether oxygens (including phenoxy) is 1. The first-order chi connectivity index (χ1) is 10.1. The molecule has 1 atom stereocenters. The Morgan fingerprint density at radius 1 is 1.43 bits per heavy atom. The third-order valence-electron chi connectivity index (χ3n) is 3.65. The van der Waals surface area contributed by atoms with Gasteiger partial charge in [-0.25, -0.2) is 9.97 Å². The molecule has 1 aliphatic heterocycles. The maximum atomic E-state index is 5.91. The predicted octanol–water partition coefficient (Wildman–Crippen LogP) is 2.50. The molecule has 118 valence electrons. The summed E-state index contributed by atoms with van der Waals surface area (Å²) in [5.74, 6) is 2.28. The number of hydrogen-bond acceptors (Lipinski definition) is 5. The highest BCUT2D eigenvalue weighted by Gasteiger charge is 2.24. The van der Waals surface area contributed by atoms with E-state index < -0.39 is 0 Å². The Morgan fingerprint density at radius 3 is 2.90 bits per heavy atom. The summed E-state index contributed by atoms with van der Waals surface area (Å²) in [7, 11) is 1.90. The molecule has 5 nitrogen and oxygen atoms in total. The van der Waals surface area contributed by atoms with Gasteiger partial charge in [-0.15, -0.1) is 0 Å². The first kappa shape index (κ1) is 16.2. The van der Waals surface area contributed by atoms with Crippen LogP contribution in [0.3, 0.4) is 0 Å². The summed E-state index contributed by atoms with van der Waals surface area (Å²) in [6.07, 6.45) is 2.13. The first-order valence-corrected chi connectivity index (χ1v) is 8.02. The van der Waals surface area contributed by atoms with Crippen LogP contribution in [0.15, 0.2) is 6.07 Å². The molecule has 0 aliphatic carbocycles. The maximum Gasteiger partial charge on any atom is 0.161 e. The normalized spacial score (nSPS) is 20.0. The monoisotopic (exact) mass is 292 g/mol. The summed E-state index contributed by atoms with van der Waals surface area (Å²) in [5.41, 5.74) is 1.09. The minimum Gasteiger partial charge on any atom is -0.373 e. The van der Waals surface area contributed by atoms with E-state index in [1.165, 1.54) is 6.42 Å². The van der Waals surface area contributed by atoms with E-state index in [9.17, 15) is 0 Å². The molecule has 0 amide bonds. The zero-order valence-corrected chi connectivity index (χ0v) is 13.7. The van der Waals surface area contributed by atoms with E-state index in [-0.39, 0.29) is 6.10 Å². The quantitative estimate of drug-likeness (QED) is 0.873. The molecule has 0 spiro atoms. The van der Waals surface area contributed by atoms with Crippen LogP contribution in [0.5, 0.6) is 0 Å². The summed E-state index contributed by atoms with van der Waals surface area (Å²) in [4.78, 5) is 11.8. The number of anilines is 1. The Kier molecular flexibility index (Phi) is 5.94. The van der Waals surface area contributed by atoms with Gasteiger partial charge < -0.3 is 10.1 Å². The molecule has 0 radical (unpaired) electrons. The van der Waals surface area contributed by atoms with E-state index >= 15 is 0 Å². The minimum absolute atomic E-state index is 0.00971. The van der Waals surface area contributed by atoms with Crippen LogP contribution in [-0.4, -0.2) is 48.2 Å². The van der Waals surface area contributed by atoms with Crippen LogP contribution in [0, 0.1) is 5.92 Å². The summed E-state index contributed by atoms with van der Waals surface area (Å²) in [6, 6.07) is 2.04. The van der Waals surface area contributed by atoms with Crippen molar-refractivity contribution in [3.63, 3.8) is 0 Å². The third kappa shape index (κ3) is 4.64. The zero-order chi connectivity index (χ0) is 15.2. The van der Waals surface area contributed by atoms with Gasteiger partial charge in [0.15, 0.2) is 5.82 Å². The number of nitrogens with zero attached hydrogens (tertiary/aromatic N) is 3. The number of aromatic nitrogens is 2. The van der Waals surface area contributed by atoms with Crippen LogP contribution in [0.4, 0.5) is 5.82 Å². The molecule has 2 rings (SSSR count). The van der Waals surface area contributed by atoms with Gasteiger partial charge in [-0.1, -0.05) is 20.8 Å². The zero-order valence-electron chi connectivity index (χ0n) is 13.7. The number of morpholine rings is 1. The third-order valence-corrected chi connectivity index (χ3v) is 3.65. The fourth-order valence-corrected chi connectivity index (χ4v) is 2.69. The SMILES string of the molecule is CCCN1CCOC(c2nc(CC(C)C)cc(NC)n2)C1. The second-order valence-corrected chi connectivity index (χ2v) is 6.11. The van der Waals surface area contributed by atoms with Crippen molar-refractivity contribution in [2.45, 2.75) is 39.7 Å². The minimum atomic E-state index is -0.00971. The van der Waals surface area contributed by atoms with Crippen LogP contribution in [0.2, 0.25) is 0 Å². The number of hydrogen-bond donors (Lipinski definition) is 1. The Balaban J connectivity index is 2.17. The van der Waals surface area contributed by atoms with Gasteiger partial charge in [0.1, 0.15) is 11.9 Å². The van der Waals surface area contributed by atoms with Crippen molar-refractivity contribution in [3.8, 4) is 0 Å². The first-order valence-electron chi connectivity index (χ1n) is 8.02. The van der Waals surface area contributed by atoms with E-state index in [2.05, 4.69) is 36.0 Å². The van der Waals surface area contributed by atoms with Gasteiger partial charge >= 0.3 is 0 Å². The molecular weight excluding hydrogens is 264 g/mol. The average Bonchev–Trinajstić information content (AvgIpc) is 2.47. The second-order valence-electron chi connectivity index (χ2n) is 6.11. The average molecular weight is 292 g/mol. The van der Waals surface area contributed by atoms with Gasteiger partial charge in [-0.3, -0.25) is 4.90 Å². The van der Waals surface area contributed by atoms with Gasteiger partial charge in [-0.05, 0) is 25.3 Å². The molecule has 1 saturated heterocycles. The Labute approximate surface area is 128 Å². The molecule has 1 fully saturated rings. The van der Waals surface area contributed by atoms with Crippen molar-refractivity contribution in [3.05, 3.63) is 17.6 Å². The molecular formula is C16H28N4O. The van der Waals surface area contributed by atoms with E-state index in [0.717, 1.165) is 50.0 Å².